The van der Waals surface area contributed by atoms with Gasteiger partial charge in [0.05, 0.1) is 10.6 Å². The zero-order chi connectivity index (χ0) is 18.4. The van der Waals surface area contributed by atoms with E-state index < -0.39 is 11.6 Å². The van der Waals surface area contributed by atoms with Crippen LogP contribution in [-0.2, 0) is 0 Å². The fourth-order valence-electron chi connectivity index (χ4n) is 2.87. The quantitative estimate of drug-likeness (QED) is 0.582. The molecule has 1 amide bonds. The molecule has 1 aromatic carbocycles. The molecule has 8 heteroatoms. The molecule has 3 aromatic heterocycles. The van der Waals surface area contributed by atoms with Gasteiger partial charge in [0.1, 0.15) is 5.52 Å². The van der Waals surface area contributed by atoms with Crippen molar-refractivity contribution in [2.75, 3.05) is 0 Å². The molecule has 0 aliphatic carbocycles. The number of nitrogens with one attached hydrogen (secondary N) is 1. The van der Waals surface area contributed by atoms with Crippen LogP contribution in [0.15, 0.2) is 40.5 Å². The Balaban J connectivity index is 2.10. The Morgan fingerprint density at radius 1 is 1.23 bits per heavy atom. The number of amides is 1. The Labute approximate surface area is 152 Å². The molecule has 4 aromatic rings. The molecule has 0 fully saturated rings. The molecule has 0 radical (unpaired) electrons. The Bertz CT molecular complexity index is 1220. The summed E-state index contributed by atoms with van der Waals surface area (Å²) in [5.41, 5.74) is 8.32. The van der Waals surface area contributed by atoms with E-state index in [1.165, 1.54) is 15.9 Å². The number of primary amides is 1. The van der Waals surface area contributed by atoms with Gasteiger partial charge in [-0.15, -0.1) is 11.3 Å². The van der Waals surface area contributed by atoms with Crippen LogP contribution in [0.2, 0.25) is 0 Å². The van der Waals surface area contributed by atoms with Crippen molar-refractivity contribution >= 4 is 28.4 Å². The van der Waals surface area contributed by atoms with Crippen LogP contribution in [0.1, 0.15) is 21.6 Å². The van der Waals surface area contributed by atoms with Crippen molar-refractivity contribution in [1.82, 2.24) is 19.5 Å². The van der Waals surface area contributed by atoms with Gasteiger partial charge in [-0.1, -0.05) is 12.1 Å². The first kappa shape index (κ1) is 16.2. The average Bonchev–Trinajstić information content (AvgIpc) is 3.16. The number of H-pyrrole nitrogens is 1. The van der Waals surface area contributed by atoms with Gasteiger partial charge in [0, 0.05) is 0 Å². The van der Waals surface area contributed by atoms with Gasteiger partial charge >= 0.3 is 5.69 Å². The number of thiophene rings is 1. The number of aryl methyl sites for hydroxylation is 2. The highest BCUT2D eigenvalue weighted by atomic mass is 32.1. The lowest BCUT2D eigenvalue weighted by Crippen LogP contribution is -2.15. The van der Waals surface area contributed by atoms with Crippen LogP contribution >= 0.6 is 11.3 Å². The standard InChI is InChI=1S/C18H15N5O2S/c1-9-4-3-5-11(8-9)23-17-13(21-18(23)25)12(15(19)24)20-16(22-17)14-10(2)6-7-26-14/h3-8H,1-2H3,(H2,19,24)(H,21,25). The number of hydrogen-bond donors (Lipinski definition) is 2. The van der Waals surface area contributed by atoms with Crippen molar-refractivity contribution in [2.24, 2.45) is 5.73 Å². The average molecular weight is 365 g/mol. The molecule has 130 valence electrons. The number of fused-ring (bicyclic) bond motifs is 1. The molecule has 3 N–H and O–H groups in total. The van der Waals surface area contributed by atoms with E-state index in [0.717, 1.165) is 16.0 Å². The summed E-state index contributed by atoms with van der Waals surface area (Å²) < 4.78 is 1.43. The second-order valence-electron chi connectivity index (χ2n) is 6.00. The lowest BCUT2D eigenvalue weighted by atomic mass is 10.2. The van der Waals surface area contributed by atoms with Crippen LogP contribution in [0.3, 0.4) is 0 Å². The largest absolute Gasteiger partial charge is 0.364 e. The Kier molecular flexibility index (Phi) is 3.69. The van der Waals surface area contributed by atoms with E-state index in [9.17, 15) is 9.59 Å². The zero-order valence-corrected chi connectivity index (χ0v) is 14.9. The summed E-state index contributed by atoms with van der Waals surface area (Å²) >= 11 is 1.47. The maximum Gasteiger partial charge on any atom is 0.332 e. The normalized spacial score (nSPS) is 11.2. The predicted molar refractivity (Wildman–Crippen MR) is 101 cm³/mol. The number of carbonyl (C=O) groups is 1. The number of nitrogens with two attached hydrogens (primary N) is 1. The Morgan fingerprint density at radius 2 is 2.04 bits per heavy atom. The molecule has 0 aliphatic heterocycles. The van der Waals surface area contributed by atoms with Crippen LogP contribution in [0.5, 0.6) is 0 Å². The first-order chi connectivity index (χ1) is 12.5. The number of rotatable bonds is 3. The van der Waals surface area contributed by atoms with Crippen molar-refractivity contribution in [3.8, 4) is 16.4 Å². The number of benzene rings is 1. The molecule has 4 rings (SSSR count). The highest BCUT2D eigenvalue weighted by Crippen LogP contribution is 2.28. The van der Waals surface area contributed by atoms with E-state index in [2.05, 4.69) is 15.0 Å². The molecule has 7 nitrogen and oxygen atoms in total. The van der Waals surface area contributed by atoms with Gasteiger partial charge in [0.2, 0.25) is 0 Å². The van der Waals surface area contributed by atoms with Crippen molar-refractivity contribution in [3.05, 3.63) is 63.0 Å². The second-order valence-corrected chi connectivity index (χ2v) is 6.91. The van der Waals surface area contributed by atoms with Crippen molar-refractivity contribution in [1.29, 1.82) is 0 Å². The van der Waals surface area contributed by atoms with Gasteiger partial charge in [-0.3, -0.25) is 4.79 Å². The lowest BCUT2D eigenvalue weighted by molar-refractivity contribution is 0.0997. The van der Waals surface area contributed by atoms with Crippen LogP contribution in [0.4, 0.5) is 0 Å². The number of carbonyl (C=O) groups excluding carboxylic acids is 1. The number of hydrogen-bond acceptors (Lipinski definition) is 5. The molecule has 0 atom stereocenters. The molecule has 0 aliphatic rings. The van der Waals surface area contributed by atoms with Crippen molar-refractivity contribution < 1.29 is 4.79 Å². The SMILES string of the molecule is Cc1cccc(-n2c(=O)[nH]c3c(C(N)=O)nc(-c4sccc4C)nc32)c1. The number of aromatic amines is 1. The van der Waals surface area contributed by atoms with Crippen LogP contribution in [-0.4, -0.2) is 25.4 Å². The van der Waals surface area contributed by atoms with Gasteiger partial charge in [0.25, 0.3) is 5.91 Å². The lowest BCUT2D eigenvalue weighted by Gasteiger charge is -2.06. The van der Waals surface area contributed by atoms with E-state index in [1.807, 2.05) is 49.6 Å². The maximum absolute atomic E-state index is 12.6. The monoisotopic (exact) mass is 365 g/mol. The Morgan fingerprint density at radius 3 is 2.69 bits per heavy atom. The van der Waals surface area contributed by atoms with E-state index in [-0.39, 0.29) is 11.2 Å². The third-order valence-electron chi connectivity index (χ3n) is 4.10. The fraction of sp³-hybridized carbons (Fsp3) is 0.111. The van der Waals surface area contributed by atoms with Crippen molar-refractivity contribution in [3.63, 3.8) is 0 Å². The molecule has 0 saturated heterocycles. The summed E-state index contributed by atoms with van der Waals surface area (Å²) in [7, 11) is 0. The minimum absolute atomic E-state index is 0.00121. The molecule has 0 unspecified atom stereocenters. The molecular weight excluding hydrogens is 350 g/mol. The first-order valence-corrected chi connectivity index (χ1v) is 8.78. The third-order valence-corrected chi connectivity index (χ3v) is 5.11. The summed E-state index contributed by atoms with van der Waals surface area (Å²) in [4.78, 5) is 36.9. The van der Waals surface area contributed by atoms with Crippen LogP contribution in [0, 0.1) is 13.8 Å². The minimum atomic E-state index is -0.717. The number of imidazole rings is 1. The van der Waals surface area contributed by atoms with Crippen LogP contribution in [0.25, 0.3) is 27.6 Å². The highest BCUT2D eigenvalue weighted by Gasteiger charge is 2.21. The van der Waals surface area contributed by atoms with Gasteiger partial charge in [-0.25, -0.2) is 19.3 Å². The Hall–Kier alpha value is -3.26. The smallest absolute Gasteiger partial charge is 0.332 e. The van der Waals surface area contributed by atoms with Gasteiger partial charge in [-0.2, -0.15) is 0 Å². The summed E-state index contributed by atoms with van der Waals surface area (Å²) in [5.74, 6) is -0.343. The van der Waals surface area contributed by atoms with Gasteiger partial charge in [-0.05, 0) is 48.6 Å². The first-order valence-electron chi connectivity index (χ1n) is 7.90. The molecule has 0 bridgehead atoms. The van der Waals surface area contributed by atoms with Gasteiger partial charge < -0.3 is 10.7 Å². The van der Waals surface area contributed by atoms with Gasteiger partial charge in [0.15, 0.2) is 17.2 Å². The second kappa shape index (κ2) is 5.92. The predicted octanol–water partition coefficient (Wildman–Crippen LogP) is 2.55. The highest BCUT2D eigenvalue weighted by molar-refractivity contribution is 7.13. The summed E-state index contributed by atoms with van der Waals surface area (Å²) in [6, 6.07) is 9.42. The molecule has 0 saturated carbocycles. The number of nitrogens with zero attached hydrogens (tertiary/aromatic N) is 3. The molecule has 26 heavy (non-hydrogen) atoms. The topological polar surface area (TPSA) is 107 Å². The third kappa shape index (κ3) is 2.51. The molecule has 3 heterocycles. The minimum Gasteiger partial charge on any atom is -0.364 e. The zero-order valence-electron chi connectivity index (χ0n) is 14.1. The summed E-state index contributed by atoms with van der Waals surface area (Å²) in [6.45, 7) is 3.88. The maximum atomic E-state index is 12.6. The van der Waals surface area contributed by atoms with Crippen LogP contribution < -0.4 is 11.4 Å². The van der Waals surface area contributed by atoms with E-state index in [0.29, 0.717) is 17.2 Å². The van der Waals surface area contributed by atoms with E-state index >= 15 is 0 Å². The molecular formula is C18H15N5O2S. The number of aromatic nitrogens is 4. The molecule has 0 spiro atoms. The summed E-state index contributed by atoms with van der Waals surface area (Å²) in [6.07, 6.45) is 0. The fourth-order valence-corrected chi connectivity index (χ4v) is 3.73. The van der Waals surface area contributed by atoms with E-state index in [1.54, 1.807) is 0 Å². The summed E-state index contributed by atoms with van der Waals surface area (Å²) in [5, 5.41) is 1.92. The van der Waals surface area contributed by atoms with E-state index in [4.69, 9.17) is 5.73 Å². The van der Waals surface area contributed by atoms with Crippen molar-refractivity contribution in [2.45, 2.75) is 13.8 Å².